The number of phenols is 2. The maximum atomic E-state index is 9.79. The molecule has 0 spiro atoms. The molecule has 0 radical (unpaired) electrons. The topological polar surface area (TPSA) is 92.3 Å². The molecule has 0 saturated carbocycles. The van der Waals surface area contributed by atoms with E-state index in [-0.39, 0.29) is 28.8 Å². The highest BCUT2D eigenvalue weighted by Crippen LogP contribution is 2.33. The SMILES string of the molecule is Oc1ccc(O)c(-c2nc(-c3ncc(Br)cc3Br)no2)c1. The van der Waals surface area contributed by atoms with E-state index in [1.54, 1.807) is 6.20 Å². The van der Waals surface area contributed by atoms with Crippen molar-refractivity contribution in [2.24, 2.45) is 0 Å². The fraction of sp³-hybridized carbons (Fsp3) is 0. The molecule has 21 heavy (non-hydrogen) atoms. The van der Waals surface area contributed by atoms with Crippen LogP contribution in [0.2, 0.25) is 0 Å². The van der Waals surface area contributed by atoms with Crippen molar-refractivity contribution < 1.29 is 14.7 Å². The van der Waals surface area contributed by atoms with Crippen LogP contribution in [0.4, 0.5) is 0 Å². The van der Waals surface area contributed by atoms with Gasteiger partial charge in [-0.2, -0.15) is 4.98 Å². The normalized spacial score (nSPS) is 10.8. The minimum atomic E-state index is -0.0640. The van der Waals surface area contributed by atoms with Gasteiger partial charge in [-0.3, -0.25) is 4.98 Å². The quantitative estimate of drug-likeness (QED) is 0.623. The summed E-state index contributed by atoms with van der Waals surface area (Å²) in [6, 6.07) is 5.87. The van der Waals surface area contributed by atoms with Crippen LogP contribution in [0.5, 0.6) is 11.5 Å². The standard InChI is InChI=1S/C13H7Br2N3O3/c14-6-3-9(15)11(16-5-6)12-17-13(21-18-12)8-4-7(19)1-2-10(8)20/h1-5,19-20H. The highest BCUT2D eigenvalue weighted by atomic mass is 79.9. The van der Waals surface area contributed by atoms with Crippen molar-refractivity contribution in [1.82, 2.24) is 15.1 Å². The third-order valence-corrected chi connectivity index (χ3v) is 3.69. The number of rotatable bonds is 2. The van der Waals surface area contributed by atoms with Gasteiger partial charge in [0.15, 0.2) is 0 Å². The van der Waals surface area contributed by atoms with Gasteiger partial charge in [0, 0.05) is 15.1 Å². The van der Waals surface area contributed by atoms with Crippen molar-refractivity contribution in [3.8, 4) is 34.5 Å². The Kier molecular flexibility index (Phi) is 3.64. The fourth-order valence-electron chi connectivity index (χ4n) is 1.70. The van der Waals surface area contributed by atoms with Crippen LogP contribution in [0.25, 0.3) is 23.0 Å². The molecule has 2 N–H and O–H groups in total. The lowest BCUT2D eigenvalue weighted by Crippen LogP contribution is -1.88. The largest absolute Gasteiger partial charge is 0.508 e. The van der Waals surface area contributed by atoms with Crippen molar-refractivity contribution in [2.75, 3.05) is 0 Å². The Bertz CT molecular complexity index is 820. The van der Waals surface area contributed by atoms with Gasteiger partial charge < -0.3 is 14.7 Å². The summed E-state index contributed by atoms with van der Waals surface area (Å²) < 4.78 is 6.63. The molecule has 0 unspecified atom stereocenters. The number of hydrogen-bond donors (Lipinski definition) is 2. The second-order valence-corrected chi connectivity index (χ2v) is 5.88. The number of aromatic hydroxyl groups is 2. The molecule has 8 heteroatoms. The van der Waals surface area contributed by atoms with Crippen LogP contribution in [0.3, 0.4) is 0 Å². The van der Waals surface area contributed by atoms with Crippen molar-refractivity contribution in [3.05, 3.63) is 39.4 Å². The predicted octanol–water partition coefficient (Wildman–Crippen LogP) is 3.73. The number of halogens is 2. The lowest BCUT2D eigenvalue weighted by Gasteiger charge is -1.99. The van der Waals surface area contributed by atoms with Gasteiger partial charge >= 0.3 is 0 Å². The predicted molar refractivity (Wildman–Crippen MR) is 81.7 cm³/mol. The summed E-state index contributed by atoms with van der Waals surface area (Å²) in [5.74, 6) is 0.290. The van der Waals surface area contributed by atoms with Crippen molar-refractivity contribution in [3.63, 3.8) is 0 Å². The van der Waals surface area contributed by atoms with E-state index in [1.165, 1.54) is 18.2 Å². The van der Waals surface area contributed by atoms with Gasteiger partial charge in [0.2, 0.25) is 5.82 Å². The van der Waals surface area contributed by atoms with E-state index in [4.69, 9.17) is 4.52 Å². The highest BCUT2D eigenvalue weighted by Gasteiger charge is 2.17. The molecule has 2 heterocycles. The molecule has 0 bridgehead atoms. The number of hydrogen-bond acceptors (Lipinski definition) is 6. The van der Waals surface area contributed by atoms with Gasteiger partial charge in [-0.25, -0.2) is 0 Å². The maximum Gasteiger partial charge on any atom is 0.262 e. The molecule has 6 nitrogen and oxygen atoms in total. The fourth-order valence-corrected chi connectivity index (χ4v) is 2.87. The molecule has 0 aliphatic heterocycles. The Balaban J connectivity index is 2.06. The Hall–Kier alpha value is -1.93. The summed E-state index contributed by atoms with van der Waals surface area (Å²) >= 11 is 6.68. The highest BCUT2D eigenvalue weighted by molar-refractivity contribution is 9.11. The molecule has 2 aromatic heterocycles. The second-order valence-electron chi connectivity index (χ2n) is 4.11. The van der Waals surface area contributed by atoms with Gasteiger partial charge in [0.1, 0.15) is 17.2 Å². The molecule has 0 fully saturated rings. The number of pyridine rings is 1. The lowest BCUT2D eigenvalue weighted by molar-refractivity contribution is 0.423. The van der Waals surface area contributed by atoms with Crippen LogP contribution in [0, 0.1) is 0 Å². The molecular weight excluding hydrogens is 406 g/mol. The van der Waals surface area contributed by atoms with Crippen molar-refractivity contribution in [2.45, 2.75) is 0 Å². The molecule has 0 saturated heterocycles. The summed E-state index contributed by atoms with van der Waals surface area (Å²) in [5.41, 5.74) is 0.759. The third kappa shape index (κ3) is 2.77. The van der Waals surface area contributed by atoms with E-state index in [1.807, 2.05) is 6.07 Å². The Labute approximate surface area is 135 Å². The third-order valence-electron chi connectivity index (χ3n) is 2.66. The zero-order valence-electron chi connectivity index (χ0n) is 10.3. The first-order valence-electron chi connectivity index (χ1n) is 5.72. The van der Waals surface area contributed by atoms with E-state index < -0.39 is 0 Å². The van der Waals surface area contributed by atoms with E-state index in [9.17, 15) is 10.2 Å². The van der Waals surface area contributed by atoms with Crippen molar-refractivity contribution >= 4 is 31.9 Å². The van der Waals surface area contributed by atoms with Crippen LogP contribution in [0.1, 0.15) is 0 Å². The van der Waals surface area contributed by atoms with E-state index in [0.717, 1.165) is 4.47 Å². The number of aromatic nitrogens is 3. The molecule has 1 aromatic carbocycles. The van der Waals surface area contributed by atoms with Gasteiger partial charge in [-0.05, 0) is 56.1 Å². The second kappa shape index (κ2) is 5.45. The average Bonchev–Trinajstić information content (AvgIpc) is 2.91. The number of phenolic OH excluding ortho intramolecular Hbond substituents is 2. The minimum absolute atomic E-state index is 0.00880. The number of benzene rings is 1. The van der Waals surface area contributed by atoms with Gasteiger partial charge in [0.05, 0.1) is 5.56 Å². The first kappa shape index (κ1) is 14.0. The first-order valence-corrected chi connectivity index (χ1v) is 7.30. The summed E-state index contributed by atoms with van der Waals surface area (Å²) in [7, 11) is 0. The number of nitrogens with zero attached hydrogens (tertiary/aromatic N) is 3. The zero-order chi connectivity index (χ0) is 15.0. The van der Waals surface area contributed by atoms with Crippen molar-refractivity contribution in [1.29, 1.82) is 0 Å². The monoisotopic (exact) mass is 411 g/mol. The minimum Gasteiger partial charge on any atom is -0.508 e. The van der Waals surface area contributed by atoms with Gasteiger partial charge in [-0.1, -0.05) is 5.16 Å². The molecule has 106 valence electrons. The van der Waals surface area contributed by atoms with Crippen LogP contribution in [0.15, 0.2) is 43.9 Å². The molecule has 0 aliphatic carbocycles. The van der Waals surface area contributed by atoms with Crippen LogP contribution >= 0.6 is 31.9 Å². The summed E-state index contributed by atoms with van der Waals surface area (Å²) in [4.78, 5) is 8.39. The molecule has 0 amide bonds. The molecular formula is C13H7Br2N3O3. The van der Waals surface area contributed by atoms with Crippen LogP contribution in [-0.4, -0.2) is 25.3 Å². The first-order chi connectivity index (χ1) is 10.0. The Morgan fingerprint density at radius 3 is 2.67 bits per heavy atom. The molecule has 3 aromatic rings. The molecule has 0 atom stereocenters. The Morgan fingerprint density at radius 1 is 1.10 bits per heavy atom. The van der Waals surface area contributed by atoms with E-state index in [0.29, 0.717) is 10.2 Å². The van der Waals surface area contributed by atoms with Gasteiger partial charge in [-0.15, -0.1) is 0 Å². The smallest absolute Gasteiger partial charge is 0.262 e. The van der Waals surface area contributed by atoms with E-state index in [2.05, 4.69) is 47.0 Å². The maximum absolute atomic E-state index is 9.79. The summed E-state index contributed by atoms with van der Waals surface area (Å²) in [5, 5.41) is 23.1. The lowest BCUT2D eigenvalue weighted by atomic mass is 10.2. The average molecular weight is 413 g/mol. The zero-order valence-corrected chi connectivity index (χ0v) is 13.5. The van der Waals surface area contributed by atoms with Crippen LogP contribution in [-0.2, 0) is 0 Å². The summed E-state index contributed by atoms with van der Waals surface area (Å²) in [6.45, 7) is 0. The van der Waals surface area contributed by atoms with Gasteiger partial charge in [0.25, 0.3) is 5.89 Å². The van der Waals surface area contributed by atoms with Crippen LogP contribution < -0.4 is 0 Å². The molecule has 3 rings (SSSR count). The molecule has 0 aliphatic rings. The summed E-state index contributed by atoms with van der Waals surface area (Å²) in [6.07, 6.45) is 1.61. The van der Waals surface area contributed by atoms with E-state index >= 15 is 0 Å². The Morgan fingerprint density at radius 2 is 1.90 bits per heavy atom.